The molecule has 35 heavy (non-hydrogen) atoms. The van der Waals surface area contributed by atoms with Crippen LogP contribution in [0.25, 0.3) is 0 Å². The maximum absolute atomic E-state index is 10.7. The van der Waals surface area contributed by atoms with Crippen molar-refractivity contribution in [1.29, 1.82) is 0 Å². The van der Waals surface area contributed by atoms with Gasteiger partial charge in [0.15, 0.2) is 0 Å². The Morgan fingerprint density at radius 2 is 1.26 bits per heavy atom. The van der Waals surface area contributed by atoms with E-state index < -0.39 is 30.8 Å². The van der Waals surface area contributed by atoms with E-state index >= 15 is 0 Å². The van der Waals surface area contributed by atoms with E-state index in [2.05, 4.69) is 66.7 Å². The number of unbranched alkanes of at least 4 members (excludes halogenated alkanes) is 1. The third-order valence-electron chi connectivity index (χ3n) is 7.21. The van der Waals surface area contributed by atoms with Gasteiger partial charge >= 0.3 is 0 Å². The molecule has 0 aromatic heterocycles. The van der Waals surface area contributed by atoms with Crippen LogP contribution in [-0.2, 0) is 23.0 Å². The molecule has 2 aromatic rings. The van der Waals surface area contributed by atoms with E-state index in [1.165, 1.54) is 0 Å². The van der Waals surface area contributed by atoms with E-state index in [0.29, 0.717) is 13.0 Å². The lowest BCUT2D eigenvalue weighted by Gasteiger charge is -2.49. The van der Waals surface area contributed by atoms with Gasteiger partial charge in [-0.2, -0.15) is 0 Å². The molecule has 196 valence electrons. The van der Waals surface area contributed by atoms with Crippen molar-refractivity contribution in [2.75, 3.05) is 19.8 Å². The Bertz CT molecular complexity index is 896. The van der Waals surface area contributed by atoms with Gasteiger partial charge in [-0.3, -0.25) is 0 Å². The van der Waals surface area contributed by atoms with Crippen LogP contribution in [0.5, 0.6) is 5.75 Å². The van der Waals surface area contributed by atoms with Crippen molar-refractivity contribution in [2.24, 2.45) is 11.1 Å². The summed E-state index contributed by atoms with van der Waals surface area (Å²) in [7, 11) is 0. The van der Waals surface area contributed by atoms with E-state index in [0.717, 1.165) is 40.8 Å². The second-order valence-corrected chi connectivity index (χ2v) is 11.9. The van der Waals surface area contributed by atoms with E-state index in [4.69, 9.17) is 10.5 Å². The molecule has 0 amide bonds. The van der Waals surface area contributed by atoms with Gasteiger partial charge in [-0.1, -0.05) is 97.4 Å². The number of benzene rings is 2. The molecule has 0 aliphatic heterocycles. The largest absolute Gasteiger partial charge is 0.481 e. The number of rotatable bonds is 11. The van der Waals surface area contributed by atoms with Crippen LogP contribution >= 0.6 is 0 Å². The summed E-state index contributed by atoms with van der Waals surface area (Å²) in [5, 5.41) is 32.1. The van der Waals surface area contributed by atoms with Crippen molar-refractivity contribution >= 4 is 0 Å². The fourth-order valence-electron chi connectivity index (χ4n) is 4.81. The smallest absolute Gasteiger partial charge is 0.146 e. The van der Waals surface area contributed by atoms with Gasteiger partial charge in [0.1, 0.15) is 11.4 Å². The first-order chi connectivity index (χ1) is 16.4. The Morgan fingerprint density at radius 1 is 0.771 bits per heavy atom. The van der Waals surface area contributed by atoms with Gasteiger partial charge in [0.05, 0.1) is 25.2 Å². The summed E-state index contributed by atoms with van der Waals surface area (Å²) in [6.45, 7) is 14.2. The minimum atomic E-state index is -1.31. The number of nitrogens with two attached hydrogens (primary N) is 1. The van der Waals surface area contributed by atoms with Crippen LogP contribution in [-0.4, -0.2) is 35.1 Å². The van der Waals surface area contributed by atoms with Crippen molar-refractivity contribution in [2.45, 2.75) is 90.7 Å². The molecule has 0 heterocycles. The standard InChI is InChI=1S/C30H47NO4/c1-8-9-17-30(29(19-32,20-33)21-34,23-15-13-22(18-31)14-16-23)35-26-24(27(2,3)4)11-10-12-25(26)28(5,6)7/h10-16,32-34H,8-9,17-21,31H2,1-7H3. The zero-order valence-corrected chi connectivity index (χ0v) is 22.8. The molecule has 2 rings (SSSR count). The van der Waals surface area contributed by atoms with Gasteiger partial charge in [0.25, 0.3) is 0 Å². The summed E-state index contributed by atoms with van der Waals surface area (Å²) in [6.07, 6.45) is 2.22. The molecule has 0 aliphatic rings. The highest BCUT2D eigenvalue weighted by Crippen LogP contribution is 2.51. The summed E-state index contributed by atoms with van der Waals surface area (Å²) in [5.74, 6) is 0.756. The van der Waals surface area contributed by atoms with Crippen molar-refractivity contribution in [1.82, 2.24) is 0 Å². The van der Waals surface area contributed by atoms with Gasteiger partial charge < -0.3 is 25.8 Å². The highest BCUT2D eigenvalue weighted by atomic mass is 16.5. The summed E-state index contributed by atoms with van der Waals surface area (Å²) in [4.78, 5) is 0. The first kappa shape index (κ1) is 29.3. The Hall–Kier alpha value is -1.92. The lowest BCUT2D eigenvalue weighted by molar-refractivity contribution is -0.149. The molecule has 5 nitrogen and oxygen atoms in total. The number of ether oxygens (including phenoxy) is 1. The number of para-hydroxylation sites is 1. The molecule has 1 unspecified atom stereocenters. The molecule has 0 bridgehead atoms. The Balaban J connectivity index is 2.98. The predicted molar refractivity (Wildman–Crippen MR) is 144 cm³/mol. The van der Waals surface area contributed by atoms with Crippen LogP contribution < -0.4 is 10.5 Å². The molecule has 0 spiro atoms. The molecule has 0 aliphatic carbocycles. The summed E-state index contributed by atoms with van der Waals surface area (Å²) < 4.78 is 7.21. The molecule has 0 radical (unpaired) electrons. The lowest BCUT2D eigenvalue weighted by atomic mass is 9.66. The number of hydrogen-bond acceptors (Lipinski definition) is 5. The summed E-state index contributed by atoms with van der Waals surface area (Å²) in [6, 6.07) is 14.1. The number of aliphatic hydroxyl groups is 3. The molecule has 5 heteroatoms. The average Bonchev–Trinajstić information content (AvgIpc) is 2.82. The molecule has 2 aromatic carbocycles. The first-order valence-electron chi connectivity index (χ1n) is 12.8. The first-order valence-corrected chi connectivity index (χ1v) is 12.8. The van der Waals surface area contributed by atoms with E-state index in [1.54, 1.807) is 0 Å². The fourth-order valence-corrected chi connectivity index (χ4v) is 4.81. The molecule has 0 saturated carbocycles. The molecular formula is C30H47NO4. The van der Waals surface area contributed by atoms with Gasteiger partial charge in [0.2, 0.25) is 0 Å². The maximum Gasteiger partial charge on any atom is 0.146 e. The van der Waals surface area contributed by atoms with E-state index in [9.17, 15) is 15.3 Å². The Labute approximate surface area is 212 Å². The van der Waals surface area contributed by atoms with Gasteiger partial charge in [-0.15, -0.1) is 0 Å². The summed E-state index contributed by atoms with van der Waals surface area (Å²) >= 11 is 0. The van der Waals surface area contributed by atoms with Crippen molar-refractivity contribution < 1.29 is 20.1 Å². The predicted octanol–water partition coefficient (Wildman–Crippen LogP) is 5.17. The second kappa shape index (κ2) is 11.4. The summed E-state index contributed by atoms with van der Waals surface area (Å²) in [5.41, 5.74) is 6.84. The van der Waals surface area contributed by atoms with Crippen molar-refractivity contribution in [3.05, 3.63) is 64.7 Å². The minimum absolute atomic E-state index is 0.212. The average molecular weight is 486 g/mol. The van der Waals surface area contributed by atoms with Crippen molar-refractivity contribution in [3.63, 3.8) is 0 Å². The molecule has 1 atom stereocenters. The van der Waals surface area contributed by atoms with E-state index in [-0.39, 0.29) is 10.8 Å². The quantitative estimate of drug-likeness (QED) is 0.352. The zero-order chi connectivity index (χ0) is 26.5. The van der Waals surface area contributed by atoms with Crippen LogP contribution in [0.15, 0.2) is 42.5 Å². The maximum atomic E-state index is 10.7. The van der Waals surface area contributed by atoms with Crippen LogP contribution in [0.4, 0.5) is 0 Å². The SMILES string of the molecule is CCCCC(Oc1c(C(C)(C)C)cccc1C(C)(C)C)(c1ccc(CN)cc1)C(CO)(CO)CO. The fraction of sp³-hybridized carbons (Fsp3) is 0.600. The minimum Gasteiger partial charge on any atom is -0.481 e. The highest BCUT2D eigenvalue weighted by molar-refractivity contribution is 5.49. The normalized spacial score (nSPS) is 14.6. The van der Waals surface area contributed by atoms with Gasteiger partial charge in [-0.25, -0.2) is 0 Å². The van der Waals surface area contributed by atoms with Crippen LogP contribution in [0.1, 0.15) is 90.0 Å². The lowest BCUT2D eigenvalue weighted by Crippen LogP contribution is -2.57. The highest BCUT2D eigenvalue weighted by Gasteiger charge is 2.54. The topological polar surface area (TPSA) is 95.9 Å². The van der Waals surface area contributed by atoms with Gasteiger partial charge in [0, 0.05) is 6.54 Å². The third-order valence-corrected chi connectivity index (χ3v) is 7.21. The zero-order valence-electron chi connectivity index (χ0n) is 22.8. The second-order valence-electron chi connectivity index (χ2n) is 11.9. The third kappa shape index (κ3) is 5.91. The monoisotopic (exact) mass is 485 g/mol. The number of aliphatic hydroxyl groups excluding tert-OH is 3. The Kier molecular flexibility index (Phi) is 9.57. The number of hydrogen-bond donors (Lipinski definition) is 4. The Morgan fingerprint density at radius 3 is 1.63 bits per heavy atom. The molecule has 0 fully saturated rings. The van der Waals surface area contributed by atoms with Crippen molar-refractivity contribution in [3.8, 4) is 5.75 Å². The van der Waals surface area contributed by atoms with Crippen LogP contribution in [0.3, 0.4) is 0 Å². The molecule has 5 N–H and O–H groups in total. The molecule has 0 saturated heterocycles. The van der Waals surface area contributed by atoms with E-state index in [1.807, 2.05) is 24.3 Å². The molecular weight excluding hydrogens is 438 g/mol. The van der Waals surface area contributed by atoms with Gasteiger partial charge in [-0.05, 0) is 45.9 Å². The van der Waals surface area contributed by atoms with Crippen LogP contribution in [0.2, 0.25) is 0 Å². The van der Waals surface area contributed by atoms with Crippen LogP contribution in [0, 0.1) is 5.41 Å².